The van der Waals surface area contributed by atoms with Crippen LogP contribution >= 0.6 is 11.5 Å². The smallest absolute Gasteiger partial charge is 0.123 e. The van der Waals surface area contributed by atoms with Gasteiger partial charge in [0, 0.05) is 5.39 Å². The summed E-state index contributed by atoms with van der Waals surface area (Å²) in [6.45, 7) is 5.89. The zero-order chi connectivity index (χ0) is 9.84. The molecule has 1 nitrogen and oxygen atoms in total. The van der Waals surface area contributed by atoms with Crippen LogP contribution in [0.3, 0.4) is 0 Å². The van der Waals surface area contributed by atoms with Crippen LogP contribution in [0.5, 0.6) is 0 Å². The predicted molar refractivity (Wildman–Crippen MR) is 55.7 cm³/mol. The van der Waals surface area contributed by atoms with Crippen molar-refractivity contribution in [3.63, 3.8) is 0 Å². The number of aromatic nitrogens is 1. The Kier molecular flexibility index (Phi) is 3.37. The Hall–Kier alpha value is -0.960. The van der Waals surface area contributed by atoms with Gasteiger partial charge in [-0.25, -0.2) is 4.39 Å². The van der Waals surface area contributed by atoms with Crippen molar-refractivity contribution >= 4 is 21.6 Å². The summed E-state index contributed by atoms with van der Waals surface area (Å²) in [6, 6.07) is 4.74. The number of fused-ring (bicyclic) bond motifs is 1. The molecular weight excluding hydrogens is 185 g/mol. The molecule has 0 bridgehead atoms. The van der Waals surface area contributed by atoms with Crippen LogP contribution in [0.15, 0.2) is 18.2 Å². The second-order valence-corrected chi connectivity index (χ2v) is 3.21. The van der Waals surface area contributed by atoms with E-state index in [0.717, 1.165) is 15.8 Å². The third-order valence-electron chi connectivity index (χ3n) is 1.61. The Labute approximate surface area is 81.4 Å². The maximum absolute atomic E-state index is 12.7. The standard InChI is InChI=1S/C8H6FNS.C2H6/c1-5-7-4-6(9)2-3-8(7)11-10-5;1-2/h2-4H,1H3;1-2H3. The number of hydrogen-bond donors (Lipinski definition) is 0. The van der Waals surface area contributed by atoms with Gasteiger partial charge in [0.25, 0.3) is 0 Å². The number of benzene rings is 1. The van der Waals surface area contributed by atoms with Crippen LogP contribution in [0.2, 0.25) is 0 Å². The molecule has 0 saturated carbocycles. The van der Waals surface area contributed by atoms with Gasteiger partial charge >= 0.3 is 0 Å². The third-order valence-corrected chi connectivity index (χ3v) is 2.53. The lowest BCUT2D eigenvalue weighted by atomic mass is 10.2. The fourth-order valence-corrected chi connectivity index (χ4v) is 1.80. The van der Waals surface area contributed by atoms with Crippen LogP contribution in [0.1, 0.15) is 19.5 Å². The Balaban J connectivity index is 0.000000396. The molecule has 0 aliphatic carbocycles. The number of rotatable bonds is 0. The first-order valence-corrected chi connectivity index (χ1v) is 5.06. The summed E-state index contributed by atoms with van der Waals surface area (Å²) in [5, 5.41) is 0.926. The van der Waals surface area contributed by atoms with Crippen LogP contribution in [-0.4, -0.2) is 4.37 Å². The van der Waals surface area contributed by atoms with E-state index in [4.69, 9.17) is 0 Å². The normalized spacial score (nSPS) is 9.54. The molecule has 0 N–H and O–H groups in total. The zero-order valence-corrected chi connectivity index (χ0v) is 8.78. The quantitative estimate of drug-likeness (QED) is 0.626. The molecule has 1 aromatic carbocycles. The molecule has 13 heavy (non-hydrogen) atoms. The number of aryl methyl sites for hydroxylation is 1. The monoisotopic (exact) mass is 197 g/mol. The van der Waals surface area contributed by atoms with Gasteiger partial charge in [-0.05, 0) is 36.7 Å². The second kappa shape index (κ2) is 4.33. The predicted octanol–water partition coefficient (Wildman–Crippen LogP) is 3.77. The highest BCUT2D eigenvalue weighted by Crippen LogP contribution is 2.22. The van der Waals surface area contributed by atoms with Gasteiger partial charge in [-0.1, -0.05) is 13.8 Å². The zero-order valence-electron chi connectivity index (χ0n) is 7.97. The van der Waals surface area contributed by atoms with Gasteiger partial charge in [0.1, 0.15) is 5.82 Å². The molecule has 70 valence electrons. The van der Waals surface area contributed by atoms with E-state index in [0.29, 0.717) is 0 Å². The first-order chi connectivity index (χ1) is 6.27. The van der Waals surface area contributed by atoms with Gasteiger partial charge in [-0.3, -0.25) is 0 Å². The summed E-state index contributed by atoms with van der Waals surface area (Å²) < 4.78 is 17.8. The average molecular weight is 197 g/mol. The van der Waals surface area contributed by atoms with Gasteiger partial charge in [-0.15, -0.1) is 0 Å². The van der Waals surface area contributed by atoms with Crippen molar-refractivity contribution in [3.8, 4) is 0 Å². The maximum Gasteiger partial charge on any atom is 0.123 e. The fourth-order valence-electron chi connectivity index (χ4n) is 1.03. The summed E-state index contributed by atoms with van der Waals surface area (Å²) in [5.74, 6) is -0.194. The van der Waals surface area contributed by atoms with E-state index >= 15 is 0 Å². The first kappa shape index (κ1) is 10.1. The number of halogens is 1. The van der Waals surface area contributed by atoms with Crippen molar-refractivity contribution in [1.29, 1.82) is 0 Å². The topological polar surface area (TPSA) is 12.9 Å². The van der Waals surface area contributed by atoms with Gasteiger partial charge in [0.15, 0.2) is 0 Å². The highest BCUT2D eigenvalue weighted by molar-refractivity contribution is 7.13. The highest BCUT2D eigenvalue weighted by atomic mass is 32.1. The first-order valence-electron chi connectivity index (χ1n) is 4.29. The van der Waals surface area contributed by atoms with E-state index < -0.39 is 0 Å². The summed E-state index contributed by atoms with van der Waals surface area (Å²) in [5.41, 5.74) is 0.907. The molecule has 1 heterocycles. The van der Waals surface area contributed by atoms with E-state index in [1.165, 1.54) is 23.7 Å². The minimum absolute atomic E-state index is 0.194. The Bertz CT molecular complexity index is 395. The lowest BCUT2D eigenvalue weighted by Crippen LogP contribution is -1.73. The Morgan fingerprint density at radius 1 is 1.31 bits per heavy atom. The molecule has 0 aliphatic rings. The molecule has 0 spiro atoms. The van der Waals surface area contributed by atoms with Crippen LogP contribution in [0.4, 0.5) is 4.39 Å². The minimum atomic E-state index is -0.194. The molecule has 0 amide bonds. The van der Waals surface area contributed by atoms with E-state index in [2.05, 4.69) is 4.37 Å². The molecular formula is C10H12FNS. The van der Waals surface area contributed by atoms with Gasteiger partial charge in [0.05, 0.1) is 10.4 Å². The van der Waals surface area contributed by atoms with Gasteiger partial charge in [0.2, 0.25) is 0 Å². The molecule has 1 aromatic heterocycles. The van der Waals surface area contributed by atoms with Crippen molar-refractivity contribution in [2.24, 2.45) is 0 Å². The Morgan fingerprint density at radius 3 is 2.69 bits per heavy atom. The molecule has 3 heteroatoms. The van der Waals surface area contributed by atoms with Crippen molar-refractivity contribution in [1.82, 2.24) is 4.37 Å². The molecule has 0 saturated heterocycles. The molecule has 0 aliphatic heterocycles. The number of nitrogens with zero attached hydrogens (tertiary/aromatic N) is 1. The minimum Gasteiger partial charge on any atom is -0.207 e. The summed E-state index contributed by atoms with van der Waals surface area (Å²) in [4.78, 5) is 0. The SMILES string of the molecule is CC.Cc1nsc2ccc(F)cc12. The summed E-state index contributed by atoms with van der Waals surface area (Å²) in [7, 11) is 0. The number of hydrogen-bond acceptors (Lipinski definition) is 2. The lowest BCUT2D eigenvalue weighted by molar-refractivity contribution is 0.630. The van der Waals surface area contributed by atoms with E-state index in [-0.39, 0.29) is 5.82 Å². The molecule has 2 rings (SSSR count). The van der Waals surface area contributed by atoms with Crippen LogP contribution in [-0.2, 0) is 0 Å². The Morgan fingerprint density at radius 2 is 2.00 bits per heavy atom. The highest BCUT2D eigenvalue weighted by Gasteiger charge is 2.01. The molecule has 0 fully saturated rings. The van der Waals surface area contributed by atoms with Crippen LogP contribution in [0.25, 0.3) is 10.1 Å². The van der Waals surface area contributed by atoms with Gasteiger partial charge in [-0.2, -0.15) is 4.37 Å². The molecule has 0 unspecified atom stereocenters. The molecule has 2 aromatic rings. The summed E-state index contributed by atoms with van der Waals surface area (Å²) >= 11 is 1.41. The molecule has 0 atom stereocenters. The van der Waals surface area contributed by atoms with Gasteiger partial charge < -0.3 is 0 Å². The van der Waals surface area contributed by atoms with E-state index in [9.17, 15) is 4.39 Å². The molecule has 0 radical (unpaired) electrons. The van der Waals surface area contributed by atoms with E-state index in [1.54, 1.807) is 6.07 Å². The largest absolute Gasteiger partial charge is 0.207 e. The lowest BCUT2D eigenvalue weighted by Gasteiger charge is -1.88. The maximum atomic E-state index is 12.7. The van der Waals surface area contributed by atoms with Crippen molar-refractivity contribution in [2.45, 2.75) is 20.8 Å². The van der Waals surface area contributed by atoms with Crippen LogP contribution < -0.4 is 0 Å². The average Bonchev–Trinajstić information content (AvgIpc) is 2.52. The second-order valence-electron chi connectivity index (χ2n) is 2.41. The van der Waals surface area contributed by atoms with E-state index in [1.807, 2.05) is 20.8 Å². The van der Waals surface area contributed by atoms with Crippen LogP contribution in [0, 0.1) is 12.7 Å². The van der Waals surface area contributed by atoms with Crippen molar-refractivity contribution < 1.29 is 4.39 Å². The third kappa shape index (κ3) is 2.04. The van der Waals surface area contributed by atoms with Crippen molar-refractivity contribution in [3.05, 3.63) is 29.7 Å². The van der Waals surface area contributed by atoms with Crippen molar-refractivity contribution in [2.75, 3.05) is 0 Å². The summed E-state index contributed by atoms with van der Waals surface area (Å²) in [6.07, 6.45) is 0. The fraction of sp³-hybridized carbons (Fsp3) is 0.300.